The number of imidazole rings is 1. The molecule has 1 atom stereocenters. The third kappa shape index (κ3) is 3.28. The largest absolute Gasteiger partial charge is 0.308 e. The number of nitrogens with zero attached hydrogens (tertiary/aromatic N) is 2. The minimum absolute atomic E-state index is 0.626. The maximum atomic E-state index is 5.98. The van der Waals surface area contributed by atoms with Crippen LogP contribution in [0.3, 0.4) is 0 Å². The fourth-order valence-electron chi connectivity index (χ4n) is 2.50. The van der Waals surface area contributed by atoms with E-state index >= 15 is 0 Å². The maximum absolute atomic E-state index is 5.98. The third-order valence-electron chi connectivity index (χ3n) is 3.84. The molecule has 4 heteroatoms. The smallest absolute Gasteiger partial charge is 0.137 e. The van der Waals surface area contributed by atoms with Gasteiger partial charge in [0.25, 0.3) is 0 Å². The van der Waals surface area contributed by atoms with Gasteiger partial charge in [-0.15, -0.1) is 0 Å². The summed E-state index contributed by atoms with van der Waals surface area (Å²) < 4.78 is 1.99. The van der Waals surface area contributed by atoms with E-state index in [1.165, 1.54) is 25.7 Å². The lowest BCUT2D eigenvalue weighted by molar-refractivity contribution is 0.443. The summed E-state index contributed by atoms with van der Waals surface area (Å²) in [4.78, 5) is 4.60. The normalized spacial score (nSPS) is 16.9. The van der Waals surface area contributed by atoms with Gasteiger partial charge in [-0.2, -0.15) is 0 Å². The zero-order chi connectivity index (χ0) is 13.2. The molecule has 3 nitrogen and oxygen atoms in total. The highest BCUT2D eigenvalue weighted by molar-refractivity contribution is 6.30. The van der Waals surface area contributed by atoms with Gasteiger partial charge in [0, 0.05) is 25.0 Å². The summed E-state index contributed by atoms with van der Waals surface area (Å²) in [7, 11) is 0. The Kier molecular flexibility index (Phi) is 3.76. The highest BCUT2D eigenvalue weighted by Gasteiger charge is 2.24. The van der Waals surface area contributed by atoms with Crippen molar-refractivity contribution in [2.24, 2.45) is 5.92 Å². The van der Waals surface area contributed by atoms with Crippen molar-refractivity contribution >= 4 is 17.2 Å². The summed E-state index contributed by atoms with van der Waals surface area (Å²) in [6.45, 7) is 3.09. The van der Waals surface area contributed by atoms with Gasteiger partial charge in [0.05, 0.1) is 10.7 Å². The fourth-order valence-corrected chi connectivity index (χ4v) is 2.67. The van der Waals surface area contributed by atoms with Gasteiger partial charge in [-0.1, -0.05) is 31.4 Å². The van der Waals surface area contributed by atoms with Gasteiger partial charge in [-0.05, 0) is 30.9 Å². The monoisotopic (exact) mass is 277 g/mol. The van der Waals surface area contributed by atoms with Gasteiger partial charge in [0.2, 0.25) is 0 Å². The molecule has 0 spiro atoms. The molecule has 2 heterocycles. The van der Waals surface area contributed by atoms with Gasteiger partial charge in [-0.25, -0.2) is 4.98 Å². The Balaban J connectivity index is 1.63. The zero-order valence-corrected chi connectivity index (χ0v) is 12.0. The van der Waals surface area contributed by atoms with Crippen molar-refractivity contribution in [2.45, 2.75) is 45.2 Å². The molecule has 1 N–H and O–H groups in total. The summed E-state index contributed by atoms with van der Waals surface area (Å²) >= 11 is 5.98. The molecule has 19 heavy (non-hydrogen) atoms. The number of hydrogen-bond donors (Lipinski definition) is 1. The molecule has 0 aromatic carbocycles. The zero-order valence-electron chi connectivity index (χ0n) is 11.3. The van der Waals surface area contributed by atoms with Crippen molar-refractivity contribution in [3.63, 3.8) is 0 Å². The van der Waals surface area contributed by atoms with E-state index in [4.69, 9.17) is 11.6 Å². The third-order valence-corrected chi connectivity index (χ3v) is 4.07. The number of pyridine rings is 1. The average Bonchev–Trinajstić information content (AvgIpc) is 3.13. The van der Waals surface area contributed by atoms with E-state index in [-0.39, 0.29) is 0 Å². The van der Waals surface area contributed by atoms with Crippen LogP contribution in [0.1, 0.15) is 38.3 Å². The van der Waals surface area contributed by atoms with Crippen LogP contribution in [-0.2, 0) is 6.54 Å². The molecule has 0 bridgehead atoms. The first-order valence-electron chi connectivity index (χ1n) is 7.11. The van der Waals surface area contributed by atoms with E-state index in [2.05, 4.69) is 23.4 Å². The lowest BCUT2D eigenvalue weighted by Gasteiger charge is -2.15. The van der Waals surface area contributed by atoms with Gasteiger partial charge >= 0.3 is 0 Å². The van der Waals surface area contributed by atoms with E-state index in [1.54, 1.807) is 0 Å². The Labute approximate surface area is 119 Å². The predicted octanol–water partition coefficient (Wildman–Crippen LogP) is 3.66. The van der Waals surface area contributed by atoms with Crippen LogP contribution in [0, 0.1) is 5.92 Å². The van der Waals surface area contributed by atoms with E-state index in [9.17, 15) is 0 Å². The average molecular weight is 278 g/mol. The lowest BCUT2D eigenvalue weighted by atomic mass is 10.1. The number of fused-ring (bicyclic) bond motifs is 1. The van der Waals surface area contributed by atoms with Crippen molar-refractivity contribution < 1.29 is 0 Å². The highest BCUT2D eigenvalue weighted by Crippen LogP contribution is 2.34. The SMILES string of the molecule is CCC(CC1CC1)NCc1cn2cc(Cl)ccc2n1. The van der Waals surface area contributed by atoms with Crippen LogP contribution < -0.4 is 5.32 Å². The van der Waals surface area contributed by atoms with Crippen molar-refractivity contribution in [1.29, 1.82) is 0 Å². The van der Waals surface area contributed by atoms with Crippen molar-refractivity contribution in [1.82, 2.24) is 14.7 Å². The Morgan fingerprint density at radius 2 is 2.26 bits per heavy atom. The van der Waals surface area contributed by atoms with E-state index in [0.717, 1.165) is 28.8 Å². The molecule has 1 aliphatic rings. The Morgan fingerprint density at radius 3 is 3.00 bits per heavy atom. The Bertz CT molecular complexity index is 560. The number of halogens is 1. The van der Waals surface area contributed by atoms with Crippen LogP contribution in [0.2, 0.25) is 5.02 Å². The number of aromatic nitrogens is 2. The standard InChI is InChI=1S/C15H20ClN3/c1-2-13(7-11-3-4-11)17-8-14-10-19-9-12(16)5-6-15(19)18-14/h5-6,9-11,13,17H,2-4,7-8H2,1H3. The van der Waals surface area contributed by atoms with E-state index in [0.29, 0.717) is 6.04 Å². The number of rotatable bonds is 6. The van der Waals surface area contributed by atoms with Crippen LogP contribution in [0.4, 0.5) is 0 Å². The molecule has 0 radical (unpaired) electrons. The van der Waals surface area contributed by atoms with Crippen LogP contribution in [-0.4, -0.2) is 15.4 Å². The first-order valence-corrected chi connectivity index (χ1v) is 7.49. The van der Waals surface area contributed by atoms with Crippen LogP contribution in [0.15, 0.2) is 24.5 Å². The predicted molar refractivity (Wildman–Crippen MR) is 78.5 cm³/mol. The molecule has 102 valence electrons. The quantitative estimate of drug-likeness (QED) is 0.873. The van der Waals surface area contributed by atoms with E-state index < -0.39 is 0 Å². The fraction of sp³-hybridized carbons (Fsp3) is 0.533. The van der Waals surface area contributed by atoms with Gasteiger partial charge < -0.3 is 9.72 Å². The molecule has 1 aliphatic carbocycles. The Morgan fingerprint density at radius 1 is 1.42 bits per heavy atom. The highest BCUT2D eigenvalue weighted by atomic mass is 35.5. The molecule has 1 unspecified atom stereocenters. The van der Waals surface area contributed by atoms with Crippen LogP contribution in [0.5, 0.6) is 0 Å². The van der Waals surface area contributed by atoms with Crippen LogP contribution in [0.25, 0.3) is 5.65 Å². The molecule has 2 aromatic rings. The molecule has 1 fully saturated rings. The molecule has 0 aliphatic heterocycles. The summed E-state index contributed by atoms with van der Waals surface area (Å²) in [5.74, 6) is 0.970. The second-order valence-corrected chi connectivity index (χ2v) is 5.95. The number of hydrogen-bond acceptors (Lipinski definition) is 2. The second kappa shape index (κ2) is 5.51. The van der Waals surface area contributed by atoms with Gasteiger partial charge in [0.15, 0.2) is 0 Å². The summed E-state index contributed by atoms with van der Waals surface area (Å²) in [5, 5.41) is 4.36. The summed E-state index contributed by atoms with van der Waals surface area (Å²) in [6.07, 6.45) is 9.30. The molecular formula is C15H20ClN3. The topological polar surface area (TPSA) is 29.3 Å². The van der Waals surface area contributed by atoms with Crippen LogP contribution >= 0.6 is 11.6 Å². The Hall–Kier alpha value is -1.06. The van der Waals surface area contributed by atoms with Gasteiger partial charge in [0.1, 0.15) is 5.65 Å². The van der Waals surface area contributed by atoms with E-state index in [1.807, 2.05) is 22.7 Å². The minimum Gasteiger partial charge on any atom is -0.308 e. The second-order valence-electron chi connectivity index (χ2n) is 5.51. The molecule has 0 amide bonds. The van der Waals surface area contributed by atoms with Crippen molar-refractivity contribution in [3.05, 3.63) is 35.2 Å². The summed E-state index contributed by atoms with van der Waals surface area (Å²) in [6, 6.07) is 4.46. The summed E-state index contributed by atoms with van der Waals surface area (Å²) in [5.41, 5.74) is 2.04. The molecule has 0 saturated heterocycles. The first kappa shape index (κ1) is 12.9. The lowest BCUT2D eigenvalue weighted by Crippen LogP contribution is -2.28. The van der Waals surface area contributed by atoms with Crippen molar-refractivity contribution in [2.75, 3.05) is 0 Å². The molecular weight excluding hydrogens is 258 g/mol. The first-order chi connectivity index (χ1) is 9.24. The molecule has 1 saturated carbocycles. The maximum Gasteiger partial charge on any atom is 0.137 e. The minimum atomic E-state index is 0.626. The molecule has 2 aromatic heterocycles. The van der Waals surface area contributed by atoms with Gasteiger partial charge in [-0.3, -0.25) is 0 Å². The van der Waals surface area contributed by atoms with Crippen molar-refractivity contribution in [3.8, 4) is 0 Å². The molecule has 3 rings (SSSR count). The number of nitrogens with one attached hydrogen (secondary N) is 1.